The summed E-state index contributed by atoms with van der Waals surface area (Å²) in [5.41, 5.74) is 0. The van der Waals surface area contributed by atoms with Gasteiger partial charge >= 0.3 is 0 Å². The summed E-state index contributed by atoms with van der Waals surface area (Å²) in [6.07, 6.45) is 2.62. The molecule has 0 amide bonds. The summed E-state index contributed by atoms with van der Waals surface area (Å²) < 4.78 is 16.5. The summed E-state index contributed by atoms with van der Waals surface area (Å²) in [6, 6.07) is 3.29. The van der Waals surface area contributed by atoms with Gasteiger partial charge in [0.15, 0.2) is 11.5 Å². The highest BCUT2D eigenvalue weighted by atomic mass is 16.5. The Balaban J connectivity index is 2.92. The van der Waals surface area contributed by atoms with Crippen LogP contribution in [-0.2, 0) is 5.11 Å². The largest absolute Gasteiger partial charge is 0.493 e. The summed E-state index contributed by atoms with van der Waals surface area (Å²) in [4.78, 5) is 0. The zero-order valence-electron chi connectivity index (χ0n) is 12.0. The number of rotatable bonds is 9. The Labute approximate surface area is 115 Å². The molecule has 1 rings (SSSR count). The van der Waals surface area contributed by atoms with Gasteiger partial charge in [-0.3, -0.25) is 5.11 Å². The van der Waals surface area contributed by atoms with E-state index in [-0.39, 0.29) is 5.75 Å². The molecule has 4 heteroatoms. The molecule has 0 aliphatic rings. The molecule has 19 heavy (non-hydrogen) atoms. The van der Waals surface area contributed by atoms with E-state index in [9.17, 15) is 5.11 Å². The predicted molar refractivity (Wildman–Crippen MR) is 73.9 cm³/mol. The lowest BCUT2D eigenvalue weighted by atomic mass is 10.2. The zero-order chi connectivity index (χ0) is 14.1. The fraction of sp³-hybridized carbons (Fsp3) is 0.600. The van der Waals surface area contributed by atoms with Crippen molar-refractivity contribution in [2.45, 2.75) is 40.0 Å². The lowest BCUT2D eigenvalue weighted by Gasteiger charge is -2.13. The third-order valence-electron chi connectivity index (χ3n) is 2.39. The maximum Gasteiger partial charge on any atom is 0.262 e. The van der Waals surface area contributed by atoms with Gasteiger partial charge in [-0.2, -0.15) is 0 Å². The lowest BCUT2D eigenvalue weighted by Crippen LogP contribution is -2.01. The fourth-order valence-electron chi connectivity index (χ4n) is 1.49. The summed E-state index contributed by atoms with van der Waals surface area (Å²) in [7, 11) is 0. The van der Waals surface area contributed by atoms with Crippen molar-refractivity contribution >= 4 is 0 Å². The van der Waals surface area contributed by atoms with Crippen LogP contribution in [0.25, 0.3) is 0 Å². The molecule has 0 heterocycles. The molecule has 4 nitrogen and oxygen atoms in total. The van der Waals surface area contributed by atoms with Crippen molar-refractivity contribution < 1.29 is 19.3 Å². The Bertz CT molecular complexity index is 347. The van der Waals surface area contributed by atoms with Crippen LogP contribution in [0.1, 0.15) is 40.0 Å². The molecule has 0 atom stereocenters. The van der Waals surface area contributed by atoms with E-state index in [1.165, 1.54) is 0 Å². The average molecular weight is 267 g/mol. The van der Waals surface area contributed by atoms with Gasteiger partial charge in [0.05, 0.1) is 19.8 Å². The predicted octanol–water partition coefficient (Wildman–Crippen LogP) is 4.20. The van der Waals surface area contributed by atoms with Gasteiger partial charge in [0, 0.05) is 12.1 Å². The SMILES string of the molecule is CCCOc1cc(OCCC)c([O])c(OCCC)c1. The Hall–Kier alpha value is -1.58. The topological polar surface area (TPSA) is 47.6 Å². The molecule has 0 spiro atoms. The maximum atomic E-state index is 12.1. The molecule has 0 saturated heterocycles. The maximum absolute atomic E-state index is 12.1. The van der Waals surface area contributed by atoms with E-state index in [1.54, 1.807) is 12.1 Å². The van der Waals surface area contributed by atoms with Gasteiger partial charge in [-0.05, 0) is 19.3 Å². The molecule has 1 aromatic rings. The number of hydrogen-bond donors (Lipinski definition) is 0. The summed E-state index contributed by atoms with van der Waals surface area (Å²) in [6.45, 7) is 7.66. The summed E-state index contributed by atoms with van der Waals surface area (Å²) in [5.74, 6) is 1.03. The molecule has 0 unspecified atom stereocenters. The van der Waals surface area contributed by atoms with Gasteiger partial charge in [-0.25, -0.2) is 0 Å². The minimum absolute atomic E-state index is 0.203. The van der Waals surface area contributed by atoms with Crippen LogP contribution in [0.3, 0.4) is 0 Å². The van der Waals surface area contributed by atoms with E-state index in [0.717, 1.165) is 19.3 Å². The van der Waals surface area contributed by atoms with Crippen molar-refractivity contribution in [3.8, 4) is 23.0 Å². The van der Waals surface area contributed by atoms with Gasteiger partial charge in [-0.1, -0.05) is 20.8 Å². The second-order valence-electron chi connectivity index (χ2n) is 4.29. The van der Waals surface area contributed by atoms with Crippen molar-refractivity contribution in [1.29, 1.82) is 0 Å². The second-order valence-corrected chi connectivity index (χ2v) is 4.29. The van der Waals surface area contributed by atoms with Gasteiger partial charge in [0.2, 0.25) is 0 Å². The van der Waals surface area contributed by atoms with E-state index < -0.39 is 0 Å². The molecule has 1 radical (unpaired) electrons. The van der Waals surface area contributed by atoms with Crippen LogP contribution in [0.5, 0.6) is 23.0 Å². The standard InChI is InChI=1S/C15H23O4/c1-4-7-17-12-10-13(18-8-5-2)15(16)14(11-12)19-9-6-3/h10-11H,4-9H2,1-3H3. The molecule has 0 aliphatic carbocycles. The fourth-order valence-corrected chi connectivity index (χ4v) is 1.49. The monoisotopic (exact) mass is 267 g/mol. The quantitative estimate of drug-likeness (QED) is 0.673. The molecule has 0 aliphatic heterocycles. The van der Waals surface area contributed by atoms with Crippen molar-refractivity contribution in [3.63, 3.8) is 0 Å². The highest BCUT2D eigenvalue weighted by molar-refractivity contribution is 5.54. The van der Waals surface area contributed by atoms with E-state index in [4.69, 9.17) is 14.2 Å². The van der Waals surface area contributed by atoms with Gasteiger partial charge in [0.25, 0.3) is 5.75 Å². The van der Waals surface area contributed by atoms with Crippen LogP contribution in [0, 0.1) is 0 Å². The first-order valence-corrected chi connectivity index (χ1v) is 6.96. The van der Waals surface area contributed by atoms with Crippen molar-refractivity contribution in [2.75, 3.05) is 19.8 Å². The Kier molecular flexibility index (Phi) is 6.93. The van der Waals surface area contributed by atoms with Crippen LogP contribution in [0.15, 0.2) is 12.1 Å². The normalized spacial score (nSPS) is 10.3. The van der Waals surface area contributed by atoms with Crippen molar-refractivity contribution in [2.24, 2.45) is 0 Å². The summed E-state index contributed by atoms with van der Waals surface area (Å²) in [5, 5.41) is 12.1. The van der Waals surface area contributed by atoms with Crippen LogP contribution < -0.4 is 14.2 Å². The average Bonchev–Trinajstić information content (AvgIpc) is 2.43. The van der Waals surface area contributed by atoms with E-state index in [1.807, 2.05) is 20.8 Å². The molecule has 0 bridgehead atoms. The van der Waals surface area contributed by atoms with Crippen molar-refractivity contribution in [1.82, 2.24) is 0 Å². The van der Waals surface area contributed by atoms with Gasteiger partial charge in [0.1, 0.15) is 5.75 Å². The molecule has 1 aromatic carbocycles. The zero-order valence-corrected chi connectivity index (χ0v) is 12.0. The van der Waals surface area contributed by atoms with Crippen molar-refractivity contribution in [3.05, 3.63) is 12.1 Å². The third kappa shape index (κ3) is 4.89. The smallest absolute Gasteiger partial charge is 0.262 e. The van der Waals surface area contributed by atoms with Crippen LogP contribution in [-0.4, -0.2) is 19.8 Å². The highest BCUT2D eigenvalue weighted by Gasteiger charge is 2.15. The lowest BCUT2D eigenvalue weighted by molar-refractivity contribution is 0.241. The Morgan fingerprint density at radius 2 is 1.21 bits per heavy atom. The number of hydrogen-bond acceptors (Lipinski definition) is 3. The first-order chi connectivity index (χ1) is 9.22. The van der Waals surface area contributed by atoms with Crippen LogP contribution >= 0.6 is 0 Å². The molecule has 0 aromatic heterocycles. The van der Waals surface area contributed by atoms with E-state index >= 15 is 0 Å². The summed E-state index contributed by atoms with van der Waals surface area (Å²) >= 11 is 0. The Morgan fingerprint density at radius 3 is 1.63 bits per heavy atom. The minimum atomic E-state index is -0.203. The second kappa shape index (κ2) is 8.51. The minimum Gasteiger partial charge on any atom is -0.493 e. The van der Waals surface area contributed by atoms with Crippen LogP contribution in [0.2, 0.25) is 0 Å². The molecular weight excluding hydrogens is 244 g/mol. The first-order valence-electron chi connectivity index (χ1n) is 6.96. The molecule has 0 N–H and O–H groups in total. The number of benzene rings is 1. The highest BCUT2D eigenvalue weighted by Crippen LogP contribution is 2.41. The van der Waals surface area contributed by atoms with E-state index in [0.29, 0.717) is 37.1 Å². The Morgan fingerprint density at radius 1 is 0.789 bits per heavy atom. The molecular formula is C15H23O4. The third-order valence-corrected chi connectivity index (χ3v) is 2.39. The van der Waals surface area contributed by atoms with E-state index in [2.05, 4.69) is 0 Å². The number of ether oxygens (including phenoxy) is 3. The molecule has 0 saturated carbocycles. The molecule has 107 valence electrons. The van der Waals surface area contributed by atoms with Crippen LogP contribution in [0.4, 0.5) is 0 Å². The molecule has 0 fully saturated rings. The van der Waals surface area contributed by atoms with Gasteiger partial charge in [-0.15, -0.1) is 0 Å². The van der Waals surface area contributed by atoms with Gasteiger partial charge < -0.3 is 14.2 Å². The first kappa shape index (κ1) is 15.5.